The van der Waals surface area contributed by atoms with Gasteiger partial charge in [-0.25, -0.2) is 0 Å². The van der Waals surface area contributed by atoms with E-state index in [0.717, 1.165) is 10.9 Å². The van der Waals surface area contributed by atoms with Gasteiger partial charge in [-0.2, -0.15) is 0 Å². The minimum Gasteiger partial charge on any atom is -0.342 e. The summed E-state index contributed by atoms with van der Waals surface area (Å²) >= 11 is 0. The van der Waals surface area contributed by atoms with Crippen molar-refractivity contribution in [2.75, 3.05) is 18.4 Å². The van der Waals surface area contributed by atoms with Gasteiger partial charge in [0.25, 0.3) is 5.91 Å². The summed E-state index contributed by atoms with van der Waals surface area (Å²) in [6.45, 7) is 7.65. The third-order valence-electron chi connectivity index (χ3n) is 6.00. The molecule has 0 saturated carbocycles. The number of anilines is 1. The van der Waals surface area contributed by atoms with Gasteiger partial charge in [-0.15, -0.1) is 0 Å². The number of H-pyrrole nitrogens is 1. The molecule has 0 spiro atoms. The Morgan fingerprint density at radius 2 is 1.71 bits per heavy atom. The van der Waals surface area contributed by atoms with E-state index in [1.165, 1.54) is 4.57 Å². The fourth-order valence-electron chi connectivity index (χ4n) is 4.18. The molecule has 34 heavy (non-hydrogen) atoms. The van der Waals surface area contributed by atoms with Crippen molar-refractivity contribution in [1.82, 2.24) is 19.0 Å². The summed E-state index contributed by atoms with van der Waals surface area (Å²) in [5.74, 6) is -0.282. The summed E-state index contributed by atoms with van der Waals surface area (Å²) < 4.78 is 3.27. The molecule has 2 N–H and O–H groups in total. The Labute approximate surface area is 195 Å². The molecule has 0 unspecified atom stereocenters. The molecule has 9 heteroatoms. The van der Waals surface area contributed by atoms with Crippen LogP contribution in [0.1, 0.15) is 31.1 Å². The lowest BCUT2D eigenvalue weighted by molar-refractivity contribution is -0.131. The van der Waals surface area contributed by atoms with Crippen molar-refractivity contribution in [2.24, 2.45) is 0 Å². The topological polar surface area (TPSA) is 109 Å². The molecule has 0 bridgehead atoms. The molecule has 0 saturated heterocycles. The Bertz CT molecular complexity index is 1510. The van der Waals surface area contributed by atoms with Crippen LogP contribution in [0, 0.1) is 0 Å². The van der Waals surface area contributed by atoms with Gasteiger partial charge >= 0.3 is 11.1 Å². The second-order valence-corrected chi connectivity index (χ2v) is 7.97. The van der Waals surface area contributed by atoms with Gasteiger partial charge in [0.1, 0.15) is 6.54 Å². The van der Waals surface area contributed by atoms with Crippen LogP contribution < -0.4 is 16.4 Å². The predicted octanol–water partition coefficient (Wildman–Crippen LogP) is 2.79. The molecule has 4 aromatic rings. The van der Waals surface area contributed by atoms with Crippen molar-refractivity contribution in [3.8, 4) is 0 Å². The highest BCUT2D eigenvalue weighted by atomic mass is 16.2. The van der Waals surface area contributed by atoms with E-state index < -0.39 is 11.1 Å². The number of rotatable bonds is 7. The SMILES string of the molecule is CCN(CC)C(=O)Cn1ccc2cc(NC(=O)c3ccc4c(c3)[nH]c(=O)c(=O)n4CC)ccc21. The Hall–Kier alpha value is -4.14. The second kappa shape index (κ2) is 9.38. The van der Waals surface area contributed by atoms with Crippen LogP contribution in [0.15, 0.2) is 58.3 Å². The quantitative estimate of drug-likeness (QED) is 0.413. The summed E-state index contributed by atoms with van der Waals surface area (Å²) in [6, 6.07) is 12.3. The lowest BCUT2D eigenvalue weighted by Crippen LogP contribution is -2.36. The van der Waals surface area contributed by atoms with Gasteiger partial charge in [-0.1, -0.05) is 0 Å². The Morgan fingerprint density at radius 3 is 2.41 bits per heavy atom. The van der Waals surface area contributed by atoms with E-state index in [1.54, 1.807) is 36.1 Å². The van der Waals surface area contributed by atoms with Gasteiger partial charge in [0.05, 0.1) is 11.0 Å². The molecule has 2 aromatic carbocycles. The van der Waals surface area contributed by atoms with Crippen molar-refractivity contribution in [3.63, 3.8) is 0 Å². The lowest BCUT2D eigenvalue weighted by Gasteiger charge is -2.19. The molecule has 2 aromatic heterocycles. The molecule has 0 aliphatic rings. The van der Waals surface area contributed by atoms with Crippen molar-refractivity contribution < 1.29 is 9.59 Å². The first-order valence-electron chi connectivity index (χ1n) is 11.3. The van der Waals surface area contributed by atoms with Crippen molar-refractivity contribution >= 4 is 39.4 Å². The zero-order valence-corrected chi connectivity index (χ0v) is 19.4. The Balaban J connectivity index is 1.57. The summed E-state index contributed by atoms with van der Waals surface area (Å²) in [7, 11) is 0. The maximum absolute atomic E-state index is 12.9. The molecular weight excluding hydrogens is 434 g/mol. The Kier molecular flexibility index (Phi) is 6.36. The minimum absolute atomic E-state index is 0.0581. The summed E-state index contributed by atoms with van der Waals surface area (Å²) in [5.41, 5.74) is 1.51. The number of aryl methyl sites for hydroxylation is 1. The van der Waals surface area contributed by atoms with Crippen LogP contribution >= 0.6 is 0 Å². The van der Waals surface area contributed by atoms with Crippen molar-refractivity contribution in [3.05, 3.63) is 74.9 Å². The van der Waals surface area contributed by atoms with Gasteiger partial charge in [0, 0.05) is 48.0 Å². The number of carbonyl (C=O) groups excluding carboxylic acids is 2. The van der Waals surface area contributed by atoms with Crippen molar-refractivity contribution in [2.45, 2.75) is 33.9 Å². The number of aromatic amines is 1. The lowest BCUT2D eigenvalue weighted by atomic mass is 10.1. The molecule has 4 rings (SSSR count). The maximum atomic E-state index is 12.9. The van der Waals surface area contributed by atoms with E-state index in [2.05, 4.69) is 10.3 Å². The second-order valence-electron chi connectivity index (χ2n) is 7.97. The van der Waals surface area contributed by atoms with Crippen LogP contribution in [0.5, 0.6) is 0 Å². The highest BCUT2D eigenvalue weighted by molar-refractivity contribution is 6.06. The first-order valence-corrected chi connectivity index (χ1v) is 11.3. The number of fused-ring (bicyclic) bond motifs is 2. The van der Waals surface area contributed by atoms with Gasteiger partial charge in [0.15, 0.2) is 0 Å². The molecule has 2 heterocycles. The molecule has 0 radical (unpaired) electrons. The predicted molar refractivity (Wildman–Crippen MR) is 132 cm³/mol. The largest absolute Gasteiger partial charge is 0.342 e. The van der Waals surface area contributed by atoms with Gasteiger partial charge < -0.3 is 24.3 Å². The number of likely N-dealkylation sites (N-methyl/N-ethyl adjacent to an activating group) is 1. The fourth-order valence-corrected chi connectivity index (χ4v) is 4.18. The molecule has 0 aliphatic carbocycles. The standard InChI is InChI=1S/C25H27N5O4/c1-4-28(5-2)22(31)15-29-12-11-16-13-18(8-10-20(16)29)26-23(32)17-7-9-21-19(14-17)27-24(33)25(34)30(21)6-3/h7-14H,4-6,15H2,1-3H3,(H,26,32)(H,27,33). The van der Waals surface area contributed by atoms with Crippen LogP contribution in [0.25, 0.3) is 21.9 Å². The number of nitrogens with one attached hydrogen (secondary N) is 2. The first-order chi connectivity index (χ1) is 16.4. The minimum atomic E-state index is -0.721. The molecule has 0 atom stereocenters. The third-order valence-corrected chi connectivity index (χ3v) is 6.00. The van der Waals surface area contributed by atoms with E-state index in [1.807, 2.05) is 42.8 Å². The number of aromatic nitrogens is 3. The highest BCUT2D eigenvalue weighted by Crippen LogP contribution is 2.22. The molecule has 0 fully saturated rings. The van der Waals surface area contributed by atoms with E-state index in [0.29, 0.717) is 41.9 Å². The van der Waals surface area contributed by atoms with Crippen LogP contribution in [0.2, 0.25) is 0 Å². The molecule has 0 aliphatic heterocycles. The first kappa shape index (κ1) is 23.0. The van der Waals surface area contributed by atoms with Crippen LogP contribution in [-0.2, 0) is 17.9 Å². The van der Waals surface area contributed by atoms with Crippen LogP contribution in [-0.4, -0.2) is 43.9 Å². The maximum Gasteiger partial charge on any atom is 0.316 e. The van der Waals surface area contributed by atoms with Crippen LogP contribution in [0.4, 0.5) is 5.69 Å². The average Bonchev–Trinajstić information content (AvgIpc) is 3.22. The van der Waals surface area contributed by atoms with E-state index >= 15 is 0 Å². The molecule has 176 valence electrons. The number of hydrogen-bond donors (Lipinski definition) is 2. The molecule has 9 nitrogen and oxygen atoms in total. The zero-order valence-electron chi connectivity index (χ0n) is 19.4. The number of carbonyl (C=O) groups is 2. The van der Waals surface area contributed by atoms with Gasteiger partial charge in [-0.3, -0.25) is 19.2 Å². The van der Waals surface area contributed by atoms with E-state index in [4.69, 9.17) is 0 Å². The number of benzene rings is 2. The molecular formula is C25H27N5O4. The van der Waals surface area contributed by atoms with Gasteiger partial charge in [-0.05, 0) is 63.2 Å². The smallest absolute Gasteiger partial charge is 0.316 e. The van der Waals surface area contributed by atoms with Crippen molar-refractivity contribution in [1.29, 1.82) is 0 Å². The number of amides is 2. The normalized spacial score (nSPS) is 11.1. The number of hydrogen-bond acceptors (Lipinski definition) is 4. The fraction of sp³-hybridized carbons (Fsp3) is 0.280. The average molecular weight is 462 g/mol. The highest BCUT2D eigenvalue weighted by Gasteiger charge is 2.14. The summed E-state index contributed by atoms with van der Waals surface area (Å²) in [5, 5.41) is 3.78. The molecule has 2 amide bonds. The Morgan fingerprint density at radius 1 is 0.971 bits per heavy atom. The summed E-state index contributed by atoms with van der Waals surface area (Å²) in [4.78, 5) is 53.6. The monoisotopic (exact) mass is 461 g/mol. The van der Waals surface area contributed by atoms with E-state index in [-0.39, 0.29) is 18.4 Å². The van der Waals surface area contributed by atoms with Gasteiger partial charge in [0.2, 0.25) is 5.91 Å². The van der Waals surface area contributed by atoms with Crippen LogP contribution in [0.3, 0.4) is 0 Å². The third kappa shape index (κ3) is 4.24. The van der Waals surface area contributed by atoms with E-state index in [9.17, 15) is 19.2 Å². The number of nitrogens with zero attached hydrogens (tertiary/aromatic N) is 3. The zero-order chi connectivity index (χ0) is 24.4. The summed E-state index contributed by atoms with van der Waals surface area (Å²) in [6.07, 6.45) is 1.87.